The molecule has 12 heavy (non-hydrogen) atoms. The maximum atomic E-state index is 11.2. The number of hydrogen-bond donors (Lipinski definition) is 3. The summed E-state index contributed by atoms with van der Waals surface area (Å²) in [6, 6.07) is 0. The van der Waals surface area contributed by atoms with E-state index in [2.05, 4.69) is 15.0 Å². The van der Waals surface area contributed by atoms with Crippen LogP contribution in [0.4, 0.5) is 0 Å². The van der Waals surface area contributed by atoms with E-state index in [1.54, 1.807) is 0 Å². The molecule has 0 amide bonds. The fraction of sp³-hybridized carbons (Fsp3) is 0. The average molecular weight is 167 g/mol. The van der Waals surface area contributed by atoms with Crippen molar-refractivity contribution in [2.75, 3.05) is 5.84 Å². The average Bonchev–Trinajstić information content (AvgIpc) is 2.48. The number of nitrogens with one attached hydrogen (secondary N) is 2. The van der Waals surface area contributed by atoms with Gasteiger partial charge in [-0.3, -0.25) is 9.78 Å². The van der Waals surface area contributed by atoms with Crippen LogP contribution in [0.15, 0.2) is 15.9 Å². The molecule has 62 valence electrons. The van der Waals surface area contributed by atoms with Crippen molar-refractivity contribution in [3.05, 3.63) is 27.2 Å². The summed E-state index contributed by atoms with van der Waals surface area (Å²) in [5.41, 5.74) is -0.866. The smallest absolute Gasteiger partial charge is 0.339 e. The first-order chi connectivity index (χ1) is 5.70. The zero-order valence-corrected chi connectivity index (χ0v) is 5.87. The Hall–Kier alpha value is -2.05. The highest BCUT2D eigenvalue weighted by Gasteiger charge is 2.05. The lowest BCUT2D eigenvalue weighted by molar-refractivity contribution is 0.852. The number of hydrogen-bond acceptors (Lipinski definition) is 4. The molecule has 7 nitrogen and oxygen atoms in total. The summed E-state index contributed by atoms with van der Waals surface area (Å²) in [6.07, 6.45) is 1.31. The van der Waals surface area contributed by atoms with Crippen LogP contribution in [0.1, 0.15) is 0 Å². The molecule has 2 rings (SSSR count). The van der Waals surface area contributed by atoms with E-state index < -0.39 is 11.2 Å². The molecule has 2 aromatic heterocycles. The first kappa shape index (κ1) is 6.65. The van der Waals surface area contributed by atoms with Crippen LogP contribution in [0.5, 0.6) is 0 Å². The lowest BCUT2D eigenvalue weighted by atomic mass is 10.5. The van der Waals surface area contributed by atoms with E-state index in [1.807, 2.05) is 0 Å². The van der Waals surface area contributed by atoms with E-state index in [1.165, 1.54) is 6.33 Å². The Kier molecular flexibility index (Phi) is 1.09. The van der Waals surface area contributed by atoms with Crippen LogP contribution in [-0.2, 0) is 0 Å². The van der Waals surface area contributed by atoms with Crippen molar-refractivity contribution in [3.8, 4) is 0 Å². The molecule has 2 heterocycles. The summed E-state index contributed by atoms with van der Waals surface area (Å²) in [4.78, 5) is 30.6. The number of rotatable bonds is 0. The molecular weight excluding hydrogens is 162 g/mol. The number of H-pyrrole nitrogens is 2. The Morgan fingerprint density at radius 2 is 2.25 bits per heavy atom. The first-order valence-electron chi connectivity index (χ1n) is 3.13. The van der Waals surface area contributed by atoms with Gasteiger partial charge in [0.25, 0.3) is 0 Å². The number of nitrogens with zero attached hydrogens (tertiary/aromatic N) is 2. The van der Waals surface area contributed by atoms with Gasteiger partial charge in [0.15, 0.2) is 11.2 Å². The highest BCUT2D eigenvalue weighted by molar-refractivity contribution is 5.67. The Bertz CT molecular complexity index is 532. The molecule has 0 fully saturated rings. The van der Waals surface area contributed by atoms with Gasteiger partial charge in [0.1, 0.15) is 0 Å². The molecule has 0 saturated heterocycles. The normalized spacial score (nSPS) is 10.7. The molecular formula is C5H5N5O2. The zero-order chi connectivity index (χ0) is 8.72. The van der Waals surface area contributed by atoms with E-state index in [-0.39, 0.29) is 11.2 Å². The van der Waals surface area contributed by atoms with Gasteiger partial charge >= 0.3 is 11.2 Å². The van der Waals surface area contributed by atoms with Crippen molar-refractivity contribution in [2.24, 2.45) is 0 Å². The fourth-order valence-electron chi connectivity index (χ4n) is 0.926. The first-order valence-corrected chi connectivity index (χ1v) is 3.13. The predicted octanol–water partition coefficient (Wildman–Crippen LogP) is -1.87. The van der Waals surface area contributed by atoms with Gasteiger partial charge in [0.05, 0.1) is 6.33 Å². The Morgan fingerprint density at radius 3 is 3.00 bits per heavy atom. The number of imidazole rings is 1. The Balaban J connectivity index is 3.16. The van der Waals surface area contributed by atoms with Gasteiger partial charge in [-0.15, -0.1) is 0 Å². The van der Waals surface area contributed by atoms with Crippen molar-refractivity contribution in [2.45, 2.75) is 0 Å². The molecule has 0 saturated carbocycles. The quantitative estimate of drug-likeness (QED) is 0.399. The second kappa shape index (κ2) is 1.97. The largest absolute Gasteiger partial charge is 0.348 e. The molecule has 0 bridgehead atoms. The van der Waals surface area contributed by atoms with Crippen molar-refractivity contribution in [1.82, 2.24) is 19.6 Å². The summed E-state index contributed by atoms with van der Waals surface area (Å²) >= 11 is 0. The van der Waals surface area contributed by atoms with Gasteiger partial charge in [-0.2, -0.15) is 4.68 Å². The maximum absolute atomic E-state index is 11.2. The van der Waals surface area contributed by atoms with Gasteiger partial charge in [-0.1, -0.05) is 0 Å². The number of aromatic amines is 2. The molecule has 0 aliphatic rings. The van der Waals surface area contributed by atoms with Gasteiger partial charge in [0, 0.05) is 0 Å². The second-order valence-corrected chi connectivity index (χ2v) is 2.23. The van der Waals surface area contributed by atoms with Crippen LogP contribution in [0.25, 0.3) is 11.2 Å². The molecule has 4 N–H and O–H groups in total. The van der Waals surface area contributed by atoms with Gasteiger partial charge in [0.2, 0.25) is 0 Å². The van der Waals surface area contributed by atoms with Crippen LogP contribution in [0.3, 0.4) is 0 Å². The van der Waals surface area contributed by atoms with Crippen LogP contribution in [0, 0.1) is 0 Å². The molecule has 0 aliphatic heterocycles. The summed E-state index contributed by atoms with van der Waals surface area (Å²) in [5.74, 6) is 5.12. The number of nitrogens with two attached hydrogens (primary N) is 1. The monoisotopic (exact) mass is 167 g/mol. The van der Waals surface area contributed by atoms with Gasteiger partial charge < -0.3 is 10.8 Å². The fourth-order valence-corrected chi connectivity index (χ4v) is 0.926. The minimum Gasteiger partial charge on any atom is -0.339 e. The summed E-state index contributed by atoms with van der Waals surface area (Å²) in [7, 11) is 0. The Morgan fingerprint density at radius 1 is 1.50 bits per heavy atom. The molecule has 0 aliphatic carbocycles. The third-order valence-electron chi connectivity index (χ3n) is 1.52. The lowest BCUT2D eigenvalue weighted by Gasteiger charge is -1.93. The van der Waals surface area contributed by atoms with Crippen LogP contribution in [0.2, 0.25) is 0 Å². The van der Waals surface area contributed by atoms with Crippen molar-refractivity contribution >= 4 is 11.2 Å². The van der Waals surface area contributed by atoms with E-state index in [0.717, 1.165) is 0 Å². The van der Waals surface area contributed by atoms with Crippen molar-refractivity contribution in [1.29, 1.82) is 0 Å². The Labute approximate surface area is 64.8 Å². The molecule has 0 spiro atoms. The van der Waals surface area contributed by atoms with Crippen LogP contribution < -0.4 is 17.1 Å². The molecule has 0 aromatic carbocycles. The third kappa shape index (κ3) is 0.669. The summed E-state index contributed by atoms with van der Waals surface area (Å²) in [5, 5.41) is 0. The maximum Gasteiger partial charge on any atom is 0.348 e. The highest BCUT2D eigenvalue weighted by atomic mass is 16.2. The SMILES string of the molecule is Nn1c(=O)[nH]c2nc[nH]c2c1=O. The lowest BCUT2D eigenvalue weighted by Crippen LogP contribution is -2.40. The second-order valence-electron chi connectivity index (χ2n) is 2.23. The van der Waals surface area contributed by atoms with Crippen LogP contribution >= 0.6 is 0 Å². The minimum atomic E-state index is -0.681. The highest BCUT2D eigenvalue weighted by Crippen LogP contribution is 1.93. The number of nitrogen functional groups attached to an aromatic ring is 1. The topological polar surface area (TPSA) is 110 Å². The van der Waals surface area contributed by atoms with E-state index in [4.69, 9.17) is 5.84 Å². The zero-order valence-electron chi connectivity index (χ0n) is 5.87. The standard InChI is InChI=1S/C5H5N5O2/c6-10-4(11)2-3(8-1-7-2)9-5(10)12/h1H,6H2,(H,7,8)(H,9,12). The third-order valence-corrected chi connectivity index (χ3v) is 1.52. The van der Waals surface area contributed by atoms with Crippen LogP contribution in [-0.4, -0.2) is 19.6 Å². The molecule has 0 radical (unpaired) electrons. The number of fused-ring (bicyclic) bond motifs is 1. The van der Waals surface area contributed by atoms with Crippen molar-refractivity contribution in [3.63, 3.8) is 0 Å². The molecule has 2 aromatic rings. The summed E-state index contributed by atoms with van der Waals surface area (Å²) in [6.45, 7) is 0. The molecule has 7 heteroatoms. The van der Waals surface area contributed by atoms with E-state index >= 15 is 0 Å². The van der Waals surface area contributed by atoms with E-state index in [0.29, 0.717) is 4.68 Å². The minimum absolute atomic E-state index is 0.192. The summed E-state index contributed by atoms with van der Waals surface area (Å²) < 4.78 is 0.487. The molecule has 0 atom stereocenters. The van der Waals surface area contributed by atoms with E-state index in [9.17, 15) is 9.59 Å². The number of aromatic nitrogens is 4. The molecule has 0 unspecified atom stereocenters. The predicted molar refractivity (Wildman–Crippen MR) is 41.1 cm³/mol. The van der Waals surface area contributed by atoms with Crippen molar-refractivity contribution < 1.29 is 0 Å². The van der Waals surface area contributed by atoms with Gasteiger partial charge in [-0.05, 0) is 0 Å². The van der Waals surface area contributed by atoms with Gasteiger partial charge in [-0.25, -0.2) is 9.78 Å².